The number of aryl methyl sites for hydroxylation is 1. The van der Waals surface area contributed by atoms with Crippen molar-refractivity contribution in [3.05, 3.63) is 33.7 Å². The lowest BCUT2D eigenvalue weighted by molar-refractivity contribution is 0.0798. The minimum absolute atomic E-state index is 0.0192. The Labute approximate surface area is 125 Å². The van der Waals surface area contributed by atoms with E-state index in [1.807, 2.05) is 0 Å². The summed E-state index contributed by atoms with van der Waals surface area (Å²) in [5.41, 5.74) is 0.639. The van der Waals surface area contributed by atoms with E-state index in [1.54, 1.807) is 19.1 Å². The zero-order valence-corrected chi connectivity index (χ0v) is 13.2. The average Bonchev–Trinajstić information content (AvgIpc) is 2.45. The highest BCUT2D eigenvalue weighted by Crippen LogP contribution is 2.31. The summed E-state index contributed by atoms with van der Waals surface area (Å²) < 4.78 is 0. The van der Waals surface area contributed by atoms with Crippen molar-refractivity contribution in [3.63, 3.8) is 0 Å². The van der Waals surface area contributed by atoms with Crippen molar-refractivity contribution in [1.29, 1.82) is 0 Å². The summed E-state index contributed by atoms with van der Waals surface area (Å²) in [5.74, 6) is -0.289. The Morgan fingerprint density at radius 2 is 1.95 bits per heavy atom. The third-order valence-corrected chi connectivity index (χ3v) is 4.61. The Morgan fingerprint density at radius 1 is 1.29 bits per heavy atom. The van der Waals surface area contributed by atoms with Gasteiger partial charge in [-0.15, -0.1) is 0 Å². The van der Waals surface area contributed by atoms with Gasteiger partial charge in [-0.1, -0.05) is 19.3 Å². The van der Waals surface area contributed by atoms with Crippen LogP contribution in [0.5, 0.6) is 0 Å². The SMILES string of the molecule is Cc1ccc(C(=O)NCC2(N(C)C)CCCCC2)c(=O)[nH]1. The van der Waals surface area contributed by atoms with Crippen molar-refractivity contribution in [3.8, 4) is 0 Å². The maximum absolute atomic E-state index is 12.2. The number of likely N-dealkylation sites (N-methyl/N-ethyl adjacent to an activating group) is 1. The number of aromatic amines is 1. The lowest BCUT2D eigenvalue weighted by atomic mass is 9.80. The number of hydrogen-bond acceptors (Lipinski definition) is 3. The molecule has 1 fully saturated rings. The first-order valence-electron chi connectivity index (χ1n) is 7.60. The number of carbonyl (C=O) groups excluding carboxylic acids is 1. The second-order valence-electron chi connectivity index (χ2n) is 6.25. The van der Waals surface area contributed by atoms with Gasteiger partial charge in [0.1, 0.15) is 5.56 Å². The van der Waals surface area contributed by atoms with Crippen molar-refractivity contribution >= 4 is 5.91 Å². The third-order valence-electron chi connectivity index (χ3n) is 4.61. The number of carbonyl (C=O) groups is 1. The molecule has 116 valence electrons. The van der Waals surface area contributed by atoms with Gasteiger partial charge in [-0.2, -0.15) is 0 Å². The van der Waals surface area contributed by atoms with Crippen LogP contribution in [0.2, 0.25) is 0 Å². The maximum Gasteiger partial charge on any atom is 0.260 e. The predicted molar refractivity (Wildman–Crippen MR) is 83.6 cm³/mol. The molecule has 2 rings (SSSR count). The van der Waals surface area contributed by atoms with Gasteiger partial charge in [-0.25, -0.2) is 0 Å². The first-order chi connectivity index (χ1) is 9.94. The lowest BCUT2D eigenvalue weighted by Crippen LogP contribution is -2.54. The molecule has 5 heteroatoms. The number of nitrogens with zero attached hydrogens (tertiary/aromatic N) is 1. The largest absolute Gasteiger partial charge is 0.350 e. The molecule has 0 aliphatic heterocycles. The summed E-state index contributed by atoms with van der Waals surface area (Å²) in [6, 6.07) is 3.34. The molecule has 1 amide bonds. The number of H-pyrrole nitrogens is 1. The van der Waals surface area contributed by atoms with Gasteiger partial charge in [0.05, 0.1) is 0 Å². The summed E-state index contributed by atoms with van der Waals surface area (Å²) in [7, 11) is 4.13. The van der Waals surface area contributed by atoms with Gasteiger partial charge in [0.25, 0.3) is 11.5 Å². The number of amides is 1. The standard InChI is InChI=1S/C16H25N3O2/c1-12-7-8-13(15(21)18-12)14(20)17-11-16(19(2)3)9-5-4-6-10-16/h7-8H,4-6,9-11H2,1-3H3,(H,17,20)(H,18,21). The number of nitrogens with one attached hydrogen (secondary N) is 2. The summed E-state index contributed by atoms with van der Waals surface area (Å²) in [6.45, 7) is 2.39. The van der Waals surface area contributed by atoms with Crippen LogP contribution in [0.15, 0.2) is 16.9 Å². The normalized spacial score (nSPS) is 17.7. The molecule has 1 aromatic heterocycles. The lowest BCUT2D eigenvalue weighted by Gasteiger charge is -2.43. The topological polar surface area (TPSA) is 65.2 Å². The summed E-state index contributed by atoms with van der Waals surface area (Å²) in [5, 5.41) is 2.95. The third kappa shape index (κ3) is 3.53. The van der Waals surface area contributed by atoms with E-state index in [0.29, 0.717) is 6.54 Å². The highest BCUT2D eigenvalue weighted by Gasteiger charge is 2.34. The van der Waals surface area contributed by atoms with E-state index in [-0.39, 0.29) is 22.6 Å². The fourth-order valence-electron chi connectivity index (χ4n) is 3.08. The Kier molecular flexibility index (Phi) is 4.83. The molecule has 0 aromatic carbocycles. The Bertz CT molecular complexity index is 557. The van der Waals surface area contributed by atoms with E-state index in [1.165, 1.54) is 19.3 Å². The first-order valence-corrected chi connectivity index (χ1v) is 7.60. The summed E-state index contributed by atoms with van der Waals surface area (Å²) >= 11 is 0. The van der Waals surface area contributed by atoms with Gasteiger partial charge >= 0.3 is 0 Å². The Balaban J connectivity index is 2.07. The van der Waals surface area contributed by atoms with Crippen molar-refractivity contribution in [2.24, 2.45) is 0 Å². The van der Waals surface area contributed by atoms with Crippen LogP contribution in [0, 0.1) is 6.92 Å². The van der Waals surface area contributed by atoms with Crippen LogP contribution in [-0.4, -0.2) is 42.0 Å². The smallest absolute Gasteiger partial charge is 0.260 e. The molecule has 0 bridgehead atoms. The highest BCUT2D eigenvalue weighted by molar-refractivity contribution is 5.93. The van der Waals surface area contributed by atoms with Crippen LogP contribution in [0.1, 0.15) is 48.2 Å². The van der Waals surface area contributed by atoms with Crippen LogP contribution >= 0.6 is 0 Å². The van der Waals surface area contributed by atoms with Crippen LogP contribution in [0.3, 0.4) is 0 Å². The van der Waals surface area contributed by atoms with Crippen LogP contribution < -0.4 is 10.9 Å². The van der Waals surface area contributed by atoms with E-state index in [9.17, 15) is 9.59 Å². The van der Waals surface area contributed by atoms with E-state index in [0.717, 1.165) is 18.5 Å². The minimum Gasteiger partial charge on any atom is -0.350 e. The molecule has 21 heavy (non-hydrogen) atoms. The van der Waals surface area contributed by atoms with Gasteiger partial charge in [0.15, 0.2) is 0 Å². The summed E-state index contributed by atoms with van der Waals surface area (Å²) in [6.07, 6.45) is 5.83. The molecule has 0 saturated heterocycles. The zero-order valence-electron chi connectivity index (χ0n) is 13.2. The molecule has 1 saturated carbocycles. The quantitative estimate of drug-likeness (QED) is 0.887. The molecule has 0 unspecified atom stereocenters. The molecule has 1 aliphatic rings. The molecule has 1 aromatic rings. The monoisotopic (exact) mass is 291 g/mol. The van der Waals surface area contributed by atoms with Gasteiger partial charge in [0, 0.05) is 17.8 Å². The van der Waals surface area contributed by atoms with Crippen molar-refractivity contribution in [2.75, 3.05) is 20.6 Å². The second-order valence-corrected chi connectivity index (χ2v) is 6.25. The Morgan fingerprint density at radius 3 is 2.52 bits per heavy atom. The van der Waals surface area contributed by atoms with Gasteiger partial charge < -0.3 is 15.2 Å². The van der Waals surface area contributed by atoms with Gasteiger partial charge in [-0.05, 0) is 46.0 Å². The fourth-order valence-corrected chi connectivity index (χ4v) is 3.08. The molecule has 1 aliphatic carbocycles. The molecule has 0 spiro atoms. The number of aromatic nitrogens is 1. The van der Waals surface area contributed by atoms with Crippen molar-refractivity contribution < 1.29 is 4.79 Å². The minimum atomic E-state index is -0.324. The van der Waals surface area contributed by atoms with Gasteiger partial charge in [-0.3, -0.25) is 9.59 Å². The molecular weight excluding hydrogens is 266 g/mol. The molecule has 0 radical (unpaired) electrons. The van der Waals surface area contributed by atoms with Crippen LogP contribution in [-0.2, 0) is 0 Å². The second kappa shape index (κ2) is 6.43. The highest BCUT2D eigenvalue weighted by atomic mass is 16.2. The van der Waals surface area contributed by atoms with E-state index in [4.69, 9.17) is 0 Å². The van der Waals surface area contributed by atoms with E-state index < -0.39 is 0 Å². The average molecular weight is 291 g/mol. The maximum atomic E-state index is 12.2. The zero-order chi connectivity index (χ0) is 15.5. The van der Waals surface area contributed by atoms with Crippen LogP contribution in [0.4, 0.5) is 0 Å². The van der Waals surface area contributed by atoms with Crippen molar-refractivity contribution in [2.45, 2.75) is 44.6 Å². The van der Waals surface area contributed by atoms with Crippen LogP contribution in [0.25, 0.3) is 0 Å². The fraction of sp³-hybridized carbons (Fsp3) is 0.625. The Hall–Kier alpha value is -1.62. The number of pyridine rings is 1. The van der Waals surface area contributed by atoms with Gasteiger partial charge in [0.2, 0.25) is 0 Å². The molecule has 5 nitrogen and oxygen atoms in total. The molecule has 2 N–H and O–H groups in total. The van der Waals surface area contributed by atoms with Crippen molar-refractivity contribution in [1.82, 2.24) is 15.2 Å². The number of rotatable bonds is 4. The number of hydrogen-bond donors (Lipinski definition) is 2. The molecule has 1 heterocycles. The molecule has 0 atom stereocenters. The first kappa shape index (κ1) is 15.8. The van der Waals surface area contributed by atoms with E-state index in [2.05, 4.69) is 29.3 Å². The predicted octanol–water partition coefficient (Wildman–Crippen LogP) is 1.68. The molecular formula is C16H25N3O2. The van der Waals surface area contributed by atoms with E-state index >= 15 is 0 Å². The summed E-state index contributed by atoms with van der Waals surface area (Å²) in [4.78, 5) is 28.9.